The topological polar surface area (TPSA) is 38.7 Å². The van der Waals surface area contributed by atoms with Gasteiger partial charge in [0.1, 0.15) is 0 Å². The molecule has 0 amide bonds. The molecule has 290 valence electrons. The van der Waals surface area contributed by atoms with Gasteiger partial charge in [0.05, 0.1) is 0 Å². The summed E-state index contributed by atoms with van der Waals surface area (Å²) >= 11 is 0. The molecule has 0 fully saturated rings. The molecule has 3 nitrogen and oxygen atoms in total. The Morgan fingerprint density at radius 3 is 1.03 bits per heavy atom. The minimum Gasteiger partial charge on any atom is -0.208 e. The zero-order valence-corrected chi connectivity index (χ0v) is 33.9. The molecule has 1 heterocycles. The van der Waals surface area contributed by atoms with Crippen molar-refractivity contribution >= 4 is 21.5 Å². The zero-order chi connectivity index (χ0) is 41.2. The molecule has 0 atom stereocenters. The lowest BCUT2D eigenvalue weighted by Crippen LogP contribution is -2.00. The molecule has 3 heteroatoms. The fourth-order valence-corrected chi connectivity index (χ4v) is 8.76. The van der Waals surface area contributed by atoms with Crippen molar-refractivity contribution in [1.29, 1.82) is 0 Å². The Balaban J connectivity index is 1.05. The van der Waals surface area contributed by atoms with Crippen molar-refractivity contribution < 1.29 is 0 Å². The highest BCUT2D eigenvalue weighted by Crippen LogP contribution is 2.46. The molecule has 62 heavy (non-hydrogen) atoms. The molecule has 0 saturated carbocycles. The number of rotatable bonds is 8. The second-order valence-corrected chi connectivity index (χ2v) is 15.5. The number of nitrogens with zero attached hydrogens (tertiary/aromatic N) is 3. The Morgan fingerprint density at radius 2 is 0.516 bits per heavy atom. The van der Waals surface area contributed by atoms with Crippen LogP contribution in [0.15, 0.2) is 237 Å². The summed E-state index contributed by atoms with van der Waals surface area (Å²) < 4.78 is 0. The highest BCUT2D eigenvalue weighted by molar-refractivity contribution is 6.22. The summed E-state index contributed by atoms with van der Waals surface area (Å²) in [5.74, 6) is 1.89. The molecule has 0 aliphatic carbocycles. The molecule has 0 N–H and O–H groups in total. The van der Waals surface area contributed by atoms with E-state index in [0.29, 0.717) is 17.5 Å². The van der Waals surface area contributed by atoms with Gasteiger partial charge in [-0.15, -0.1) is 0 Å². The van der Waals surface area contributed by atoms with Gasteiger partial charge < -0.3 is 0 Å². The van der Waals surface area contributed by atoms with Crippen LogP contribution in [0.25, 0.3) is 111 Å². The van der Waals surface area contributed by atoms with Gasteiger partial charge in [0, 0.05) is 16.7 Å². The van der Waals surface area contributed by atoms with Crippen molar-refractivity contribution in [2.75, 3.05) is 0 Å². The van der Waals surface area contributed by atoms with E-state index in [4.69, 9.17) is 15.0 Å². The van der Waals surface area contributed by atoms with Crippen LogP contribution in [0.2, 0.25) is 0 Å². The van der Waals surface area contributed by atoms with Gasteiger partial charge in [-0.3, -0.25) is 0 Å². The molecule has 0 spiro atoms. The van der Waals surface area contributed by atoms with E-state index in [9.17, 15) is 0 Å². The zero-order valence-electron chi connectivity index (χ0n) is 33.9. The molecule has 0 aliphatic rings. The Kier molecular flexibility index (Phi) is 9.53. The lowest BCUT2D eigenvalue weighted by molar-refractivity contribution is 1.07. The van der Waals surface area contributed by atoms with Crippen LogP contribution in [0.3, 0.4) is 0 Å². The van der Waals surface area contributed by atoms with Crippen LogP contribution in [0.1, 0.15) is 0 Å². The van der Waals surface area contributed by atoms with Crippen molar-refractivity contribution in [1.82, 2.24) is 15.0 Å². The van der Waals surface area contributed by atoms with Crippen molar-refractivity contribution in [3.63, 3.8) is 0 Å². The summed E-state index contributed by atoms with van der Waals surface area (Å²) in [6, 6.07) is 83.7. The van der Waals surface area contributed by atoms with Crippen LogP contribution >= 0.6 is 0 Å². The van der Waals surface area contributed by atoms with Crippen LogP contribution in [0.4, 0.5) is 0 Å². The van der Waals surface area contributed by atoms with Gasteiger partial charge in [-0.05, 0) is 83.2 Å². The maximum absolute atomic E-state index is 5.15. The standard InChI is InChI=1S/C59H39N3/c1-4-17-40(18-5-1)42-31-35-44(36-32-42)49-25-10-11-26-50(49)56-53-29-14-12-27-51(53)55(52-28-13-15-30-54(52)56)47-23-16-24-48(39-47)59-61-57(45-21-8-3-9-22-45)60-58(62-59)46-37-33-43(34-38-46)41-19-6-2-7-20-41/h1-39H. The third-order valence-corrected chi connectivity index (χ3v) is 11.8. The summed E-state index contributed by atoms with van der Waals surface area (Å²) in [5, 5.41) is 4.78. The van der Waals surface area contributed by atoms with Gasteiger partial charge in [0.2, 0.25) is 0 Å². The Hall–Kier alpha value is -8.27. The maximum Gasteiger partial charge on any atom is 0.164 e. The molecule has 11 aromatic rings. The number of benzene rings is 10. The number of aromatic nitrogens is 3. The summed E-state index contributed by atoms with van der Waals surface area (Å²) in [6.45, 7) is 0. The minimum atomic E-state index is 0.625. The Morgan fingerprint density at radius 1 is 0.194 bits per heavy atom. The lowest BCUT2D eigenvalue weighted by atomic mass is 9.83. The van der Waals surface area contributed by atoms with E-state index >= 15 is 0 Å². The molecule has 10 aromatic carbocycles. The number of hydrogen-bond acceptors (Lipinski definition) is 3. The largest absolute Gasteiger partial charge is 0.208 e. The van der Waals surface area contributed by atoms with E-state index < -0.39 is 0 Å². The highest BCUT2D eigenvalue weighted by atomic mass is 15.0. The Labute approximate surface area is 361 Å². The number of fused-ring (bicyclic) bond motifs is 2. The van der Waals surface area contributed by atoms with Gasteiger partial charge in [0.15, 0.2) is 17.5 Å². The van der Waals surface area contributed by atoms with Gasteiger partial charge in [-0.2, -0.15) is 0 Å². The maximum atomic E-state index is 5.15. The fourth-order valence-electron chi connectivity index (χ4n) is 8.76. The molecule has 0 aliphatic heterocycles. The first-order valence-electron chi connectivity index (χ1n) is 21.0. The van der Waals surface area contributed by atoms with E-state index in [2.05, 4.69) is 212 Å². The quantitative estimate of drug-likeness (QED) is 0.144. The van der Waals surface area contributed by atoms with E-state index in [-0.39, 0.29) is 0 Å². The minimum absolute atomic E-state index is 0.625. The van der Waals surface area contributed by atoms with Crippen LogP contribution in [0, 0.1) is 0 Å². The van der Waals surface area contributed by atoms with Gasteiger partial charge >= 0.3 is 0 Å². The first kappa shape index (κ1) is 36.8. The average Bonchev–Trinajstić information content (AvgIpc) is 3.36. The second kappa shape index (κ2) is 16.1. The SMILES string of the molecule is c1ccc(-c2ccc(-c3nc(-c4ccccc4)nc(-c4cccc(-c5c6ccccc6c(-c6ccccc6-c6ccc(-c7ccccc7)cc6)c6ccccc56)c4)n3)cc2)cc1. The van der Waals surface area contributed by atoms with E-state index in [1.54, 1.807) is 0 Å². The smallest absolute Gasteiger partial charge is 0.164 e. The predicted molar refractivity (Wildman–Crippen MR) is 258 cm³/mol. The average molecular weight is 790 g/mol. The van der Waals surface area contributed by atoms with Gasteiger partial charge in [-0.25, -0.2) is 15.0 Å². The van der Waals surface area contributed by atoms with Gasteiger partial charge in [-0.1, -0.05) is 231 Å². The monoisotopic (exact) mass is 789 g/mol. The Bertz CT molecular complexity index is 3300. The summed E-state index contributed by atoms with van der Waals surface area (Å²) in [6.07, 6.45) is 0. The lowest BCUT2D eigenvalue weighted by Gasteiger charge is -2.20. The molecule has 0 radical (unpaired) electrons. The first-order chi connectivity index (χ1) is 30.7. The summed E-state index contributed by atoms with van der Waals surface area (Å²) in [7, 11) is 0. The van der Waals surface area contributed by atoms with E-state index in [1.807, 2.05) is 24.3 Å². The van der Waals surface area contributed by atoms with Crippen LogP contribution in [-0.4, -0.2) is 15.0 Å². The normalized spacial score (nSPS) is 11.2. The fraction of sp³-hybridized carbons (Fsp3) is 0. The van der Waals surface area contributed by atoms with Crippen molar-refractivity contribution in [3.05, 3.63) is 237 Å². The summed E-state index contributed by atoms with van der Waals surface area (Å²) in [5.41, 5.74) is 14.6. The van der Waals surface area contributed by atoms with Crippen LogP contribution < -0.4 is 0 Å². The highest BCUT2D eigenvalue weighted by Gasteiger charge is 2.20. The third kappa shape index (κ3) is 6.92. The van der Waals surface area contributed by atoms with Crippen LogP contribution in [-0.2, 0) is 0 Å². The predicted octanol–water partition coefficient (Wildman–Crippen LogP) is 15.5. The molecule has 0 unspecified atom stereocenters. The second-order valence-electron chi connectivity index (χ2n) is 15.5. The van der Waals surface area contributed by atoms with Crippen LogP contribution in [0.5, 0.6) is 0 Å². The molecule has 11 rings (SSSR count). The van der Waals surface area contributed by atoms with E-state index in [1.165, 1.54) is 66.1 Å². The number of hydrogen-bond donors (Lipinski definition) is 0. The molecular weight excluding hydrogens is 751 g/mol. The third-order valence-electron chi connectivity index (χ3n) is 11.8. The van der Waals surface area contributed by atoms with E-state index in [0.717, 1.165) is 27.8 Å². The molecular formula is C59H39N3. The summed E-state index contributed by atoms with van der Waals surface area (Å²) in [4.78, 5) is 15.3. The molecule has 1 aromatic heterocycles. The van der Waals surface area contributed by atoms with Crippen molar-refractivity contribution in [3.8, 4) is 89.8 Å². The first-order valence-corrected chi connectivity index (χ1v) is 21.0. The molecule has 0 saturated heterocycles. The molecule has 0 bridgehead atoms. The van der Waals surface area contributed by atoms with Crippen molar-refractivity contribution in [2.24, 2.45) is 0 Å². The van der Waals surface area contributed by atoms with Gasteiger partial charge in [0.25, 0.3) is 0 Å². The van der Waals surface area contributed by atoms with Crippen molar-refractivity contribution in [2.45, 2.75) is 0 Å².